The molecule has 1 rings (SSSR count). The summed E-state index contributed by atoms with van der Waals surface area (Å²) in [4.78, 5) is 1.15. The van der Waals surface area contributed by atoms with Crippen LogP contribution in [0.15, 0.2) is 23.1 Å². The standard InChI is InChI=1S/C12H18ClNOS/c1-12(2,14)6-7-16-9-4-5-11(15-3)10(13)8-9/h4-5,8H,6-7,14H2,1-3H3. The second-order valence-electron chi connectivity index (χ2n) is 4.38. The minimum atomic E-state index is -0.108. The first-order valence-corrected chi connectivity index (χ1v) is 6.54. The molecule has 0 aliphatic carbocycles. The summed E-state index contributed by atoms with van der Waals surface area (Å²) in [6.45, 7) is 4.07. The highest BCUT2D eigenvalue weighted by molar-refractivity contribution is 7.99. The van der Waals surface area contributed by atoms with E-state index < -0.39 is 0 Å². The zero-order valence-electron chi connectivity index (χ0n) is 9.92. The Bertz CT molecular complexity index is 349. The third-order valence-corrected chi connectivity index (χ3v) is 3.43. The highest BCUT2D eigenvalue weighted by Crippen LogP contribution is 2.30. The van der Waals surface area contributed by atoms with Crippen molar-refractivity contribution in [1.29, 1.82) is 0 Å². The lowest BCUT2D eigenvalue weighted by atomic mass is 10.0. The molecule has 0 fully saturated rings. The summed E-state index contributed by atoms with van der Waals surface area (Å²) in [6, 6.07) is 5.83. The zero-order chi connectivity index (χ0) is 12.2. The summed E-state index contributed by atoms with van der Waals surface area (Å²) in [7, 11) is 1.62. The molecule has 0 saturated heterocycles. The molecule has 2 nitrogen and oxygen atoms in total. The Hall–Kier alpha value is -0.380. The smallest absolute Gasteiger partial charge is 0.137 e. The number of hydrogen-bond acceptors (Lipinski definition) is 3. The van der Waals surface area contributed by atoms with Crippen LogP contribution < -0.4 is 10.5 Å². The van der Waals surface area contributed by atoms with Gasteiger partial charge >= 0.3 is 0 Å². The summed E-state index contributed by atoms with van der Waals surface area (Å²) in [6.07, 6.45) is 0.974. The first kappa shape index (κ1) is 13.7. The predicted octanol–water partition coefficient (Wildman–Crippen LogP) is 3.57. The Morgan fingerprint density at radius 3 is 2.62 bits per heavy atom. The molecule has 16 heavy (non-hydrogen) atoms. The largest absolute Gasteiger partial charge is 0.495 e. The molecule has 0 aliphatic heterocycles. The van der Waals surface area contributed by atoms with Crippen LogP contribution in [0.5, 0.6) is 5.75 Å². The monoisotopic (exact) mass is 259 g/mol. The number of benzene rings is 1. The van der Waals surface area contributed by atoms with E-state index in [1.54, 1.807) is 18.9 Å². The maximum atomic E-state index is 6.04. The number of ether oxygens (including phenoxy) is 1. The van der Waals surface area contributed by atoms with Crippen LogP contribution in [0.1, 0.15) is 20.3 Å². The number of thioether (sulfide) groups is 1. The second kappa shape index (κ2) is 5.80. The van der Waals surface area contributed by atoms with Gasteiger partial charge in [-0.05, 0) is 44.2 Å². The van der Waals surface area contributed by atoms with Crippen LogP contribution in [-0.2, 0) is 0 Å². The Morgan fingerprint density at radius 1 is 1.44 bits per heavy atom. The fraction of sp³-hybridized carbons (Fsp3) is 0.500. The Labute approximate surface area is 107 Å². The molecule has 0 atom stereocenters. The van der Waals surface area contributed by atoms with Crippen LogP contribution in [0.2, 0.25) is 5.02 Å². The van der Waals surface area contributed by atoms with E-state index in [2.05, 4.69) is 0 Å². The van der Waals surface area contributed by atoms with E-state index in [1.807, 2.05) is 32.0 Å². The van der Waals surface area contributed by atoms with Crippen molar-refractivity contribution < 1.29 is 4.74 Å². The van der Waals surface area contributed by atoms with Gasteiger partial charge in [-0.25, -0.2) is 0 Å². The van der Waals surface area contributed by atoms with Crippen LogP contribution in [0, 0.1) is 0 Å². The van der Waals surface area contributed by atoms with Crippen LogP contribution in [0.25, 0.3) is 0 Å². The van der Waals surface area contributed by atoms with Crippen molar-refractivity contribution in [3.8, 4) is 5.75 Å². The van der Waals surface area contributed by atoms with Crippen molar-refractivity contribution in [3.05, 3.63) is 23.2 Å². The number of methoxy groups -OCH3 is 1. The SMILES string of the molecule is COc1ccc(SCCC(C)(C)N)cc1Cl. The summed E-state index contributed by atoms with van der Waals surface area (Å²) in [5.74, 6) is 1.71. The molecule has 0 aromatic heterocycles. The number of rotatable bonds is 5. The minimum Gasteiger partial charge on any atom is -0.495 e. The van der Waals surface area contributed by atoms with Crippen molar-refractivity contribution in [2.45, 2.75) is 30.7 Å². The van der Waals surface area contributed by atoms with Gasteiger partial charge in [-0.15, -0.1) is 11.8 Å². The molecule has 2 N–H and O–H groups in total. The van der Waals surface area contributed by atoms with E-state index in [-0.39, 0.29) is 5.54 Å². The van der Waals surface area contributed by atoms with E-state index in [4.69, 9.17) is 22.1 Å². The van der Waals surface area contributed by atoms with Crippen molar-refractivity contribution in [1.82, 2.24) is 0 Å². The van der Waals surface area contributed by atoms with Crippen LogP contribution >= 0.6 is 23.4 Å². The van der Waals surface area contributed by atoms with Gasteiger partial charge in [-0.2, -0.15) is 0 Å². The lowest BCUT2D eigenvalue weighted by Crippen LogP contribution is -2.32. The summed E-state index contributed by atoms with van der Waals surface area (Å²) >= 11 is 7.80. The summed E-state index contributed by atoms with van der Waals surface area (Å²) in [5.41, 5.74) is 5.81. The predicted molar refractivity (Wildman–Crippen MR) is 71.6 cm³/mol. The lowest BCUT2D eigenvalue weighted by molar-refractivity contribution is 0.414. The first-order valence-electron chi connectivity index (χ1n) is 5.17. The highest BCUT2D eigenvalue weighted by Gasteiger charge is 2.10. The Morgan fingerprint density at radius 2 is 2.12 bits per heavy atom. The van der Waals surface area contributed by atoms with Gasteiger partial charge in [-0.3, -0.25) is 0 Å². The van der Waals surface area contributed by atoms with E-state index in [9.17, 15) is 0 Å². The zero-order valence-corrected chi connectivity index (χ0v) is 11.5. The molecule has 0 bridgehead atoms. The molecular formula is C12H18ClNOS. The van der Waals surface area contributed by atoms with Gasteiger partial charge in [0.05, 0.1) is 12.1 Å². The van der Waals surface area contributed by atoms with Crippen molar-refractivity contribution in [2.75, 3.05) is 12.9 Å². The van der Waals surface area contributed by atoms with Crippen LogP contribution in [0.4, 0.5) is 0 Å². The Kier molecular flexibility index (Phi) is 4.96. The molecule has 1 aromatic rings. The van der Waals surface area contributed by atoms with Crippen molar-refractivity contribution in [2.24, 2.45) is 5.73 Å². The molecule has 1 aromatic carbocycles. The van der Waals surface area contributed by atoms with Gasteiger partial charge in [0.15, 0.2) is 0 Å². The van der Waals surface area contributed by atoms with Gasteiger partial charge in [-0.1, -0.05) is 11.6 Å². The quantitative estimate of drug-likeness (QED) is 0.821. The number of nitrogens with two attached hydrogens (primary N) is 1. The molecule has 0 amide bonds. The van der Waals surface area contributed by atoms with Crippen LogP contribution in [0.3, 0.4) is 0 Å². The highest BCUT2D eigenvalue weighted by atomic mass is 35.5. The maximum Gasteiger partial charge on any atom is 0.137 e. The molecule has 0 spiro atoms. The third-order valence-electron chi connectivity index (χ3n) is 2.14. The summed E-state index contributed by atoms with van der Waals surface area (Å²) < 4.78 is 5.10. The van der Waals surface area contributed by atoms with Crippen LogP contribution in [-0.4, -0.2) is 18.4 Å². The average molecular weight is 260 g/mol. The van der Waals surface area contributed by atoms with Gasteiger partial charge in [0.1, 0.15) is 5.75 Å². The fourth-order valence-corrected chi connectivity index (χ4v) is 2.72. The third kappa shape index (κ3) is 4.64. The van der Waals surface area contributed by atoms with E-state index >= 15 is 0 Å². The van der Waals surface area contributed by atoms with Gasteiger partial charge in [0.25, 0.3) is 0 Å². The lowest BCUT2D eigenvalue weighted by Gasteiger charge is -2.17. The minimum absolute atomic E-state index is 0.108. The van der Waals surface area contributed by atoms with Crippen molar-refractivity contribution in [3.63, 3.8) is 0 Å². The fourth-order valence-electron chi connectivity index (χ4n) is 1.17. The topological polar surface area (TPSA) is 35.2 Å². The van der Waals surface area contributed by atoms with Gasteiger partial charge < -0.3 is 10.5 Å². The van der Waals surface area contributed by atoms with Gasteiger partial charge in [0.2, 0.25) is 0 Å². The molecule has 0 heterocycles. The van der Waals surface area contributed by atoms with Gasteiger partial charge in [0, 0.05) is 10.4 Å². The van der Waals surface area contributed by atoms with E-state index in [0.29, 0.717) is 10.8 Å². The average Bonchev–Trinajstić information content (AvgIpc) is 2.16. The summed E-state index contributed by atoms with van der Waals surface area (Å²) in [5, 5.41) is 0.652. The van der Waals surface area contributed by atoms with E-state index in [1.165, 1.54) is 0 Å². The molecule has 0 radical (unpaired) electrons. The molecule has 0 unspecified atom stereocenters. The van der Waals surface area contributed by atoms with Crippen molar-refractivity contribution >= 4 is 23.4 Å². The molecule has 0 saturated carbocycles. The molecule has 0 aliphatic rings. The molecular weight excluding hydrogens is 242 g/mol. The molecule has 4 heteroatoms. The number of halogens is 1. The molecule has 90 valence electrons. The Balaban J connectivity index is 2.52. The normalized spacial score (nSPS) is 11.6. The first-order chi connectivity index (χ1) is 7.42. The number of hydrogen-bond donors (Lipinski definition) is 1. The van der Waals surface area contributed by atoms with E-state index in [0.717, 1.165) is 17.1 Å². The maximum absolute atomic E-state index is 6.04. The second-order valence-corrected chi connectivity index (χ2v) is 5.96.